The predicted molar refractivity (Wildman–Crippen MR) is 129 cm³/mol. The molecule has 2 aliphatic heterocycles. The van der Waals surface area contributed by atoms with Crippen LogP contribution in [0.5, 0.6) is 0 Å². The van der Waals surface area contributed by atoms with Crippen LogP contribution in [0.3, 0.4) is 0 Å². The normalized spacial score (nSPS) is 27.6. The number of ether oxygens (including phenoxy) is 5. The SMILES string of the molecule is O=C(N[C@@H]1[C@@H](OCc2ccccc2)O[C@@H]2CO[C@@H](c3ccccc3)O[C@H]2[C@@H]1O)OCc1ccccc1. The minimum absolute atomic E-state index is 0.0956. The smallest absolute Gasteiger partial charge is 0.407 e. The molecule has 5 rings (SSSR count). The molecule has 0 aliphatic carbocycles. The lowest BCUT2D eigenvalue weighted by molar-refractivity contribution is -0.345. The molecule has 2 N–H and O–H groups in total. The summed E-state index contributed by atoms with van der Waals surface area (Å²) in [5.74, 6) is 0. The highest BCUT2D eigenvalue weighted by Crippen LogP contribution is 2.34. The van der Waals surface area contributed by atoms with Crippen LogP contribution in [0.25, 0.3) is 0 Å². The van der Waals surface area contributed by atoms with Crippen molar-refractivity contribution in [1.82, 2.24) is 5.32 Å². The van der Waals surface area contributed by atoms with Crippen LogP contribution in [0.15, 0.2) is 91.0 Å². The summed E-state index contributed by atoms with van der Waals surface area (Å²) in [5, 5.41) is 14.1. The monoisotopic (exact) mass is 491 g/mol. The molecule has 8 nitrogen and oxygen atoms in total. The van der Waals surface area contributed by atoms with Crippen molar-refractivity contribution < 1.29 is 33.6 Å². The van der Waals surface area contributed by atoms with Crippen molar-refractivity contribution in [3.8, 4) is 0 Å². The van der Waals surface area contributed by atoms with E-state index in [9.17, 15) is 9.90 Å². The zero-order chi connectivity index (χ0) is 24.7. The van der Waals surface area contributed by atoms with Crippen LogP contribution in [-0.2, 0) is 36.9 Å². The van der Waals surface area contributed by atoms with E-state index in [1.54, 1.807) is 0 Å². The lowest BCUT2D eigenvalue weighted by Gasteiger charge is -2.47. The van der Waals surface area contributed by atoms with Gasteiger partial charge in [-0.2, -0.15) is 0 Å². The molecule has 0 bridgehead atoms. The Balaban J connectivity index is 1.28. The van der Waals surface area contributed by atoms with Crippen LogP contribution in [0.1, 0.15) is 23.0 Å². The van der Waals surface area contributed by atoms with Crippen LogP contribution in [0.2, 0.25) is 0 Å². The van der Waals surface area contributed by atoms with Crippen LogP contribution >= 0.6 is 0 Å². The van der Waals surface area contributed by atoms with Crippen molar-refractivity contribution >= 4 is 6.09 Å². The number of alkyl carbamates (subject to hydrolysis) is 1. The number of hydrogen-bond donors (Lipinski definition) is 2. The minimum Gasteiger partial charge on any atom is -0.445 e. The van der Waals surface area contributed by atoms with E-state index in [-0.39, 0.29) is 19.8 Å². The summed E-state index contributed by atoms with van der Waals surface area (Å²) in [4.78, 5) is 12.7. The maximum absolute atomic E-state index is 12.7. The molecular formula is C28H29NO7. The van der Waals surface area contributed by atoms with Crippen molar-refractivity contribution in [2.24, 2.45) is 0 Å². The quantitative estimate of drug-likeness (QED) is 0.520. The Morgan fingerprint density at radius 3 is 2.14 bits per heavy atom. The molecule has 2 saturated heterocycles. The number of aliphatic hydroxyl groups excluding tert-OH is 1. The fourth-order valence-corrected chi connectivity index (χ4v) is 4.32. The van der Waals surface area contributed by atoms with E-state index < -0.39 is 43.0 Å². The second kappa shape index (κ2) is 11.6. The topological polar surface area (TPSA) is 95.5 Å². The molecule has 0 spiro atoms. The molecule has 1 amide bonds. The number of rotatable bonds is 7. The third-order valence-corrected chi connectivity index (χ3v) is 6.19. The summed E-state index contributed by atoms with van der Waals surface area (Å²) < 4.78 is 29.5. The second-order valence-corrected chi connectivity index (χ2v) is 8.74. The van der Waals surface area contributed by atoms with E-state index in [4.69, 9.17) is 23.7 Å². The average Bonchev–Trinajstić information content (AvgIpc) is 2.94. The fraction of sp³-hybridized carbons (Fsp3) is 0.321. The molecule has 0 unspecified atom stereocenters. The van der Waals surface area contributed by atoms with E-state index >= 15 is 0 Å². The van der Waals surface area contributed by atoms with Crippen molar-refractivity contribution in [1.29, 1.82) is 0 Å². The highest BCUT2D eigenvalue weighted by atomic mass is 16.7. The Hall–Kier alpha value is -3.27. The Labute approximate surface area is 209 Å². The van der Waals surface area contributed by atoms with Gasteiger partial charge in [0.05, 0.1) is 13.2 Å². The number of aliphatic hydroxyl groups is 1. The van der Waals surface area contributed by atoms with E-state index in [0.717, 1.165) is 16.7 Å². The van der Waals surface area contributed by atoms with Gasteiger partial charge in [-0.25, -0.2) is 4.79 Å². The molecule has 0 saturated carbocycles. The minimum atomic E-state index is -1.12. The molecule has 3 aromatic carbocycles. The Morgan fingerprint density at radius 2 is 1.47 bits per heavy atom. The first kappa shape index (κ1) is 24.4. The van der Waals surface area contributed by atoms with Crippen LogP contribution in [-0.4, -0.2) is 48.5 Å². The summed E-state index contributed by atoms with van der Waals surface area (Å²) in [5.41, 5.74) is 2.62. The molecule has 36 heavy (non-hydrogen) atoms. The molecule has 188 valence electrons. The van der Waals surface area contributed by atoms with Gasteiger partial charge in [-0.05, 0) is 11.1 Å². The van der Waals surface area contributed by atoms with E-state index in [1.165, 1.54) is 0 Å². The van der Waals surface area contributed by atoms with Crippen molar-refractivity contribution in [2.75, 3.05) is 6.61 Å². The summed E-state index contributed by atoms with van der Waals surface area (Å²) in [6.45, 7) is 0.539. The van der Waals surface area contributed by atoms with Crippen LogP contribution < -0.4 is 5.32 Å². The summed E-state index contributed by atoms with van der Waals surface area (Å²) in [6.07, 6.45) is -4.71. The number of nitrogens with one attached hydrogen (secondary N) is 1. The molecule has 8 heteroatoms. The number of carbonyl (C=O) groups is 1. The Bertz CT molecular complexity index is 1100. The molecule has 6 atom stereocenters. The first-order valence-corrected chi connectivity index (χ1v) is 12.0. The third-order valence-electron chi connectivity index (χ3n) is 6.19. The lowest BCUT2D eigenvalue weighted by Crippen LogP contribution is -2.66. The standard InChI is InChI=1S/C28H29NO7/c30-24-23(29-28(31)34-17-20-12-6-2-7-13-20)27(32-16-19-10-4-1-5-11-19)35-22-18-33-26(36-25(22)24)21-14-8-3-9-15-21/h1-15,22-27,30H,16-18H2,(H,29,31)/t22-,23+,24-,25-,26-,27+/m1/s1. The number of fused-ring (bicyclic) bond motifs is 1. The summed E-state index contributed by atoms with van der Waals surface area (Å²) in [6, 6.07) is 27.5. The van der Waals surface area contributed by atoms with Gasteiger partial charge in [0.2, 0.25) is 0 Å². The maximum atomic E-state index is 12.7. The maximum Gasteiger partial charge on any atom is 0.407 e. The summed E-state index contributed by atoms with van der Waals surface area (Å²) in [7, 11) is 0. The highest BCUT2D eigenvalue weighted by molar-refractivity contribution is 5.67. The van der Waals surface area contributed by atoms with Crippen molar-refractivity contribution in [3.63, 3.8) is 0 Å². The zero-order valence-corrected chi connectivity index (χ0v) is 19.6. The van der Waals surface area contributed by atoms with Gasteiger partial charge in [0, 0.05) is 5.56 Å². The predicted octanol–water partition coefficient (Wildman–Crippen LogP) is 3.70. The van der Waals surface area contributed by atoms with E-state index in [2.05, 4.69) is 5.32 Å². The number of carbonyl (C=O) groups excluding carboxylic acids is 1. The second-order valence-electron chi connectivity index (χ2n) is 8.74. The van der Waals surface area contributed by atoms with Crippen molar-refractivity contribution in [3.05, 3.63) is 108 Å². The van der Waals surface area contributed by atoms with E-state index in [1.807, 2.05) is 91.0 Å². The van der Waals surface area contributed by atoms with Gasteiger partial charge in [0.25, 0.3) is 0 Å². The van der Waals surface area contributed by atoms with Gasteiger partial charge in [0.15, 0.2) is 12.6 Å². The molecule has 0 aromatic heterocycles. The molecular weight excluding hydrogens is 462 g/mol. The van der Waals surface area contributed by atoms with Crippen LogP contribution in [0, 0.1) is 0 Å². The highest BCUT2D eigenvalue weighted by Gasteiger charge is 2.50. The molecule has 0 radical (unpaired) electrons. The molecule has 2 heterocycles. The molecule has 2 fully saturated rings. The van der Waals surface area contributed by atoms with Gasteiger partial charge in [-0.1, -0.05) is 91.0 Å². The zero-order valence-electron chi connectivity index (χ0n) is 19.6. The number of amides is 1. The van der Waals surface area contributed by atoms with Gasteiger partial charge in [0.1, 0.15) is 31.0 Å². The third kappa shape index (κ3) is 5.92. The van der Waals surface area contributed by atoms with Crippen molar-refractivity contribution in [2.45, 2.75) is 50.1 Å². The van der Waals surface area contributed by atoms with Crippen LogP contribution in [0.4, 0.5) is 4.79 Å². The van der Waals surface area contributed by atoms with Gasteiger partial charge in [-0.3, -0.25) is 0 Å². The molecule has 2 aliphatic rings. The van der Waals surface area contributed by atoms with Gasteiger partial charge < -0.3 is 34.1 Å². The molecule has 3 aromatic rings. The first-order chi connectivity index (χ1) is 17.7. The summed E-state index contributed by atoms with van der Waals surface area (Å²) >= 11 is 0. The van der Waals surface area contributed by atoms with E-state index in [0.29, 0.717) is 0 Å². The Morgan fingerprint density at radius 1 is 0.861 bits per heavy atom. The number of hydrogen-bond acceptors (Lipinski definition) is 7. The number of benzene rings is 3. The largest absolute Gasteiger partial charge is 0.445 e. The van der Waals surface area contributed by atoms with Gasteiger partial charge >= 0.3 is 6.09 Å². The first-order valence-electron chi connectivity index (χ1n) is 12.0. The Kier molecular flexibility index (Phi) is 7.90. The fourth-order valence-electron chi connectivity index (χ4n) is 4.32. The lowest BCUT2D eigenvalue weighted by atomic mass is 9.96. The average molecular weight is 492 g/mol. The van der Waals surface area contributed by atoms with Gasteiger partial charge in [-0.15, -0.1) is 0 Å².